The number of nitrogen functional groups attached to an aromatic ring is 1. The second-order valence-electron chi connectivity index (χ2n) is 4.34. The smallest absolute Gasteiger partial charge is 0.220 e. The van der Waals surface area contributed by atoms with Crippen LogP contribution >= 0.6 is 0 Å². The summed E-state index contributed by atoms with van der Waals surface area (Å²) in [5.41, 5.74) is 8.64. The van der Waals surface area contributed by atoms with E-state index < -0.39 is 0 Å². The lowest BCUT2D eigenvalue weighted by Crippen LogP contribution is -2.09. The molecule has 0 spiro atoms. The van der Waals surface area contributed by atoms with Crippen LogP contribution in [-0.2, 0) is 0 Å². The van der Waals surface area contributed by atoms with Gasteiger partial charge in [0.25, 0.3) is 0 Å². The molecule has 0 amide bonds. The fourth-order valence-corrected chi connectivity index (χ4v) is 2.41. The van der Waals surface area contributed by atoms with Crippen molar-refractivity contribution in [2.45, 2.75) is 26.2 Å². The van der Waals surface area contributed by atoms with Crippen LogP contribution in [0.1, 0.15) is 29.3 Å². The van der Waals surface area contributed by atoms with E-state index in [0.717, 1.165) is 23.4 Å². The van der Waals surface area contributed by atoms with Gasteiger partial charge in [-0.05, 0) is 20.3 Å². The number of hydrogen-bond acceptors (Lipinski definition) is 4. The predicted octanol–water partition coefficient (Wildman–Crippen LogP) is 1.33. The summed E-state index contributed by atoms with van der Waals surface area (Å²) in [7, 11) is 0. The molecule has 1 heterocycles. The SMILES string of the molecule is Cc1nc(N)nc(C)c1[C@@H]1C=C[C@H](CO)C1. The fourth-order valence-electron chi connectivity index (χ4n) is 2.41. The molecule has 3 N–H and O–H groups in total. The van der Waals surface area contributed by atoms with Crippen LogP contribution in [0, 0.1) is 19.8 Å². The molecule has 0 bridgehead atoms. The van der Waals surface area contributed by atoms with Gasteiger partial charge in [0.05, 0.1) is 0 Å². The van der Waals surface area contributed by atoms with Crippen molar-refractivity contribution in [3.63, 3.8) is 0 Å². The summed E-state index contributed by atoms with van der Waals surface area (Å²) in [6.45, 7) is 4.13. The van der Waals surface area contributed by atoms with Crippen LogP contribution in [0.15, 0.2) is 12.2 Å². The Balaban J connectivity index is 2.32. The third kappa shape index (κ3) is 1.93. The normalized spacial score (nSPS) is 23.9. The van der Waals surface area contributed by atoms with Crippen molar-refractivity contribution < 1.29 is 5.11 Å². The second-order valence-corrected chi connectivity index (χ2v) is 4.34. The Bertz CT molecular complexity index is 405. The van der Waals surface area contributed by atoms with Crippen molar-refractivity contribution in [3.05, 3.63) is 29.1 Å². The molecule has 0 fully saturated rings. The van der Waals surface area contributed by atoms with Crippen LogP contribution in [0.2, 0.25) is 0 Å². The van der Waals surface area contributed by atoms with Crippen LogP contribution in [0.4, 0.5) is 5.95 Å². The largest absolute Gasteiger partial charge is 0.396 e. The first-order valence-electron chi connectivity index (χ1n) is 5.51. The van der Waals surface area contributed by atoms with E-state index >= 15 is 0 Å². The Labute approximate surface area is 95.2 Å². The van der Waals surface area contributed by atoms with Crippen molar-refractivity contribution in [1.29, 1.82) is 0 Å². The minimum Gasteiger partial charge on any atom is -0.396 e. The number of aromatic nitrogens is 2. The summed E-state index contributed by atoms with van der Waals surface area (Å²) < 4.78 is 0. The standard InChI is InChI=1S/C12H17N3O/c1-7-11(8(2)15-12(13)14-7)10-4-3-9(5-10)6-16/h3-4,9-10,16H,5-6H2,1-2H3,(H2,13,14,15)/t9-,10+/m0/s1. The average molecular weight is 219 g/mol. The lowest BCUT2D eigenvalue weighted by Gasteiger charge is -2.15. The van der Waals surface area contributed by atoms with Crippen molar-refractivity contribution >= 4 is 5.95 Å². The summed E-state index contributed by atoms with van der Waals surface area (Å²) in [5, 5.41) is 9.11. The van der Waals surface area contributed by atoms with Gasteiger partial charge < -0.3 is 10.8 Å². The third-order valence-electron chi connectivity index (χ3n) is 3.12. The average Bonchev–Trinajstić information content (AvgIpc) is 2.64. The quantitative estimate of drug-likeness (QED) is 0.736. The van der Waals surface area contributed by atoms with Crippen LogP contribution in [0.5, 0.6) is 0 Å². The highest BCUT2D eigenvalue weighted by atomic mass is 16.3. The van der Waals surface area contributed by atoms with E-state index in [1.54, 1.807) is 0 Å². The van der Waals surface area contributed by atoms with Gasteiger partial charge in [-0.15, -0.1) is 0 Å². The summed E-state index contributed by atoms with van der Waals surface area (Å²) >= 11 is 0. The lowest BCUT2D eigenvalue weighted by atomic mass is 9.93. The highest BCUT2D eigenvalue weighted by Gasteiger charge is 2.23. The van der Waals surface area contributed by atoms with E-state index in [9.17, 15) is 0 Å². The molecule has 2 rings (SSSR count). The van der Waals surface area contributed by atoms with Crippen molar-refractivity contribution in [1.82, 2.24) is 9.97 Å². The second kappa shape index (κ2) is 4.22. The van der Waals surface area contributed by atoms with E-state index in [1.807, 2.05) is 13.8 Å². The maximum absolute atomic E-state index is 9.11. The van der Waals surface area contributed by atoms with Gasteiger partial charge in [-0.25, -0.2) is 9.97 Å². The zero-order chi connectivity index (χ0) is 11.7. The van der Waals surface area contributed by atoms with Gasteiger partial charge in [0.2, 0.25) is 5.95 Å². The van der Waals surface area contributed by atoms with Crippen molar-refractivity contribution in [2.24, 2.45) is 5.92 Å². The molecule has 0 aromatic carbocycles. The number of rotatable bonds is 2. The molecule has 4 nitrogen and oxygen atoms in total. The summed E-state index contributed by atoms with van der Waals surface area (Å²) in [6, 6.07) is 0. The van der Waals surface area contributed by atoms with E-state index in [2.05, 4.69) is 22.1 Å². The Morgan fingerprint density at radius 3 is 2.44 bits per heavy atom. The van der Waals surface area contributed by atoms with Gasteiger partial charge in [0, 0.05) is 35.4 Å². The molecule has 1 aliphatic carbocycles. The highest BCUT2D eigenvalue weighted by molar-refractivity contribution is 5.37. The first-order valence-corrected chi connectivity index (χ1v) is 5.51. The Hall–Kier alpha value is -1.42. The monoisotopic (exact) mass is 219 g/mol. The predicted molar refractivity (Wildman–Crippen MR) is 63.0 cm³/mol. The lowest BCUT2D eigenvalue weighted by molar-refractivity contribution is 0.249. The fraction of sp³-hybridized carbons (Fsp3) is 0.500. The molecule has 86 valence electrons. The summed E-state index contributed by atoms with van der Waals surface area (Å²) in [6.07, 6.45) is 5.14. The van der Waals surface area contributed by atoms with Crippen molar-refractivity contribution in [3.8, 4) is 0 Å². The van der Waals surface area contributed by atoms with Gasteiger partial charge in [-0.2, -0.15) is 0 Å². The van der Waals surface area contributed by atoms with Gasteiger partial charge in [0.15, 0.2) is 0 Å². The molecule has 0 saturated carbocycles. The maximum atomic E-state index is 9.11. The maximum Gasteiger partial charge on any atom is 0.220 e. The zero-order valence-electron chi connectivity index (χ0n) is 9.64. The van der Waals surface area contributed by atoms with Crippen molar-refractivity contribution in [2.75, 3.05) is 12.3 Å². The van der Waals surface area contributed by atoms with Gasteiger partial charge in [-0.3, -0.25) is 0 Å². The van der Waals surface area contributed by atoms with Crippen LogP contribution in [0.3, 0.4) is 0 Å². The molecule has 0 saturated heterocycles. The van der Waals surface area contributed by atoms with Crippen LogP contribution in [-0.4, -0.2) is 21.7 Å². The number of nitrogens with two attached hydrogens (primary N) is 1. The molecule has 4 heteroatoms. The highest BCUT2D eigenvalue weighted by Crippen LogP contribution is 2.34. The van der Waals surface area contributed by atoms with Crippen LogP contribution in [0.25, 0.3) is 0 Å². The topological polar surface area (TPSA) is 72.0 Å². The first kappa shape index (κ1) is 11.1. The Morgan fingerprint density at radius 2 is 1.94 bits per heavy atom. The Morgan fingerprint density at radius 1 is 1.31 bits per heavy atom. The van der Waals surface area contributed by atoms with Crippen LogP contribution < -0.4 is 5.73 Å². The van der Waals surface area contributed by atoms with E-state index in [-0.39, 0.29) is 12.5 Å². The minimum atomic E-state index is 0.209. The number of anilines is 1. The molecule has 1 aromatic rings. The van der Waals surface area contributed by atoms with E-state index in [1.165, 1.54) is 0 Å². The zero-order valence-corrected chi connectivity index (χ0v) is 9.64. The minimum absolute atomic E-state index is 0.209. The summed E-state index contributed by atoms with van der Waals surface area (Å²) in [4.78, 5) is 8.40. The molecule has 0 radical (unpaired) electrons. The molecular formula is C12H17N3O. The van der Waals surface area contributed by atoms with E-state index in [4.69, 9.17) is 10.8 Å². The van der Waals surface area contributed by atoms with Gasteiger partial charge >= 0.3 is 0 Å². The van der Waals surface area contributed by atoms with E-state index in [0.29, 0.717) is 11.9 Å². The molecule has 0 aliphatic heterocycles. The number of aliphatic hydroxyl groups is 1. The number of nitrogens with zero attached hydrogens (tertiary/aromatic N) is 2. The third-order valence-corrected chi connectivity index (χ3v) is 3.12. The molecule has 1 aromatic heterocycles. The number of allylic oxidation sites excluding steroid dienone is 1. The number of aryl methyl sites for hydroxylation is 2. The first-order chi connectivity index (χ1) is 7.61. The molecule has 2 atom stereocenters. The number of hydrogen-bond donors (Lipinski definition) is 2. The molecule has 1 aliphatic rings. The molecule has 16 heavy (non-hydrogen) atoms. The molecule has 0 unspecified atom stereocenters. The summed E-state index contributed by atoms with van der Waals surface area (Å²) in [5.74, 6) is 0.915. The van der Waals surface area contributed by atoms with Gasteiger partial charge in [-0.1, -0.05) is 12.2 Å². The molecular weight excluding hydrogens is 202 g/mol. The van der Waals surface area contributed by atoms with Gasteiger partial charge in [0.1, 0.15) is 0 Å². The number of aliphatic hydroxyl groups excluding tert-OH is 1. The Kier molecular flexibility index (Phi) is 2.92.